The normalized spacial score (nSPS) is 19.0. The number of rotatable bonds is 17. The van der Waals surface area contributed by atoms with Crippen LogP contribution in [0.25, 0.3) is 0 Å². The minimum Gasteiger partial charge on any atom is -0.619 e. The van der Waals surface area contributed by atoms with Gasteiger partial charge >= 0.3 is 30.7 Å². The number of ether oxygens (including phenoxy) is 4. The topological polar surface area (TPSA) is 151 Å². The standard InChI is InChI=1S/C42H43Cl2F2N3O7.C2HF3O2/c43-33-22-49(52)23-34(44)32(33)20-36(31-12-13-35(56-42(45)46)37(19-31)53-25-28-10-11-28)54-39(50)18-26-6-8-27(9-7-26)21-47-40(30-4-2-1-3-5-30)41(51)55-38-24-48-16-14-29(38)15-17-48;3-2(4,5)1(6)7/h1-9,12-13,19,22-23,28-29,36,38,40,42,47H,10-11,14-18,20-21,24-25H2;(H,6,7)/t36-,38-,40?;/m0./s1. The van der Waals surface area contributed by atoms with Gasteiger partial charge in [-0.05, 0) is 85.0 Å². The summed E-state index contributed by atoms with van der Waals surface area (Å²) < 4.78 is 81.4. The second kappa shape index (κ2) is 21.4. The number of esters is 2. The quantitative estimate of drug-likeness (QED) is 0.0457. The minimum absolute atomic E-state index is 0.0172. The number of hydrogen-bond donors (Lipinski definition) is 2. The summed E-state index contributed by atoms with van der Waals surface area (Å²) in [6.07, 6.45) is 0.0634. The summed E-state index contributed by atoms with van der Waals surface area (Å²) in [5.74, 6) is -2.96. The number of pyridine rings is 1. The average molecular weight is 925 g/mol. The summed E-state index contributed by atoms with van der Waals surface area (Å²) in [6.45, 7) is 0.522. The molecule has 1 aromatic heterocycles. The zero-order valence-corrected chi connectivity index (χ0v) is 35.1. The molecule has 4 fully saturated rings. The molecular weight excluding hydrogens is 880 g/mol. The third kappa shape index (κ3) is 13.9. The van der Waals surface area contributed by atoms with E-state index in [1.54, 1.807) is 0 Å². The highest BCUT2D eigenvalue weighted by molar-refractivity contribution is 6.35. The lowest BCUT2D eigenvalue weighted by molar-refractivity contribution is -0.605. The molecule has 1 saturated carbocycles. The summed E-state index contributed by atoms with van der Waals surface area (Å²) in [5, 5.41) is 22.6. The highest BCUT2D eigenvalue weighted by atomic mass is 35.5. The van der Waals surface area contributed by atoms with E-state index >= 15 is 0 Å². The van der Waals surface area contributed by atoms with Crippen LogP contribution in [0.3, 0.4) is 0 Å². The van der Waals surface area contributed by atoms with E-state index < -0.39 is 36.9 Å². The molecule has 3 saturated heterocycles. The lowest BCUT2D eigenvalue weighted by atomic mass is 9.86. The molecule has 0 spiro atoms. The Bertz CT molecular complexity index is 2170. The third-order valence-corrected chi connectivity index (χ3v) is 11.5. The van der Waals surface area contributed by atoms with Gasteiger partial charge in [0.05, 0.1) is 13.0 Å². The Hall–Kier alpha value is -5.23. The number of hydrogen-bond acceptors (Lipinski definition) is 10. The van der Waals surface area contributed by atoms with E-state index in [0.29, 0.717) is 46.4 Å². The van der Waals surface area contributed by atoms with Gasteiger partial charge in [0.25, 0.3) is 0 Å². The summed E-state index contributed by atoms with van der Waals surface area (Å²) in [5.41, 5.74) is 3.18. The number of nitrogens with one attached hydrogen (secondary N) is 1. The second-order valence-corrected chi connectivity index (χ2v) is 16.3. The van der Waals surface area contributed by atoms with Crippen molar-refractivity contribution in [1.29, 1.82) is 0 Å². The molecule has 2 N–H and O–H groups in total. The molecule has 3 aliphatic heterocycles. The van der Waals surface area contributed by atoms with E-state index in [9.17, 15) is 36.7 Å². The van der Waals surface area contributed by atoms with Crippen LogP contribution in [-0.2, 0) is 43.2 Å². The number of benzene rings is 3. The summed E-state index contributed by atoms with van der Waals surface area (Å²) in [6, 6.07) is 20.6. The van der Waals surface area contributed by atoms with Crippen LogP contribution >= 0.6 is 23.2 Å². The van der Waals surface area contributed by atoms with Gasteiger partial charge in [-0.1, -0.05) is 83.9 Å². The van der Waals surface area contributed by atoms with Crippen LogP contribution < -0.4 is 19.5 Å². The maximum absolute atomic E-state index is 13.6. The number of carbonyl (C=O) groups is 3. The number of aliphatic carboxylic acids is 1. The van der Waals surface area contributed by atoms with Crippen molar-refractivity contribution in [1.82, 2.24) is 10.2 Å². The third-order valence-electron chi connectivity index (χ3n) is 10.8. The number of carbonyl (C=O) groups excluding carboxylic acids is 2. The van der Waals surface area contributed by atoms with Gasteiger partial charge < -0.3 is 29.3 Å². The van der Waals surface area contributed by atoms with Crippen molar-refractivity contribution in [3.63, 3.8) is 0 Å². The van der Waals surface area contributed by atoms with Crippen LogP contribution in [0.1, 0.15) is 65.6 Å². The van der Waals surface area contributed by atoms with Crippen molar-refractivity contribution in [3.8, 4) is 11.5 Å². The van der Waals surface area contributed by atoms with Crippen molar-refractivity contribution < 1.29 is 65.1 Å². The van der Waals surface area contributed by atoms with E-state index in [1.807, 2.05) is 54.6 Å². The van der Waals surface area contributed by atoms with Crippen LogP contribution in [0.15, 0.2) is 85.2 Å². The highest BCUT2D eigenvalue weighted by Gasteiger charge is 2.39. The molecule has 3 aromatic carbocycles. The number of nitrogens with zero attached hydrogens (tertiary/aromatic N) is 2. The molecule has 1 unspecified atom stereocenters. The van der Waals surface area contributed by atoms with E-state index in [0.717, 1.165) is 68.8 Å². The van der Waals surface area contributed by atoms with Crippen LogP contribution in [0, 0.1) is 17.0 Å². The molecule has 4 heterocycles. The molecule has 0 radical (unpaired) electrons. The Labute approximate surface area is 369 Å². The Morgan fingerprint density at radius 3 is 2.10 bits per heavy atom. The van der Waals surface area contributed by atoms with Gasteiger partial charge in [-0.3, -0.25) is 15.0 Å². The molecular formula is C44H44Cl2F5N3O9. The molecule has 3 atom stereocenters. The minimum atomic E-state index is -5.08. The van der Waals surface area contributed by atoms with Crippen LogP contribution in [0.4, 0.5) is 22.0 Å². The maximum atomic E-state index is 13.6. The molecule has 19 heteroatoms. The molecule has 338 valence electrons. The number of carboxylic acids is 1. The molecule has 2 bridgehead atoms. The number of carboxylic acid groups (broad SMARTS) is 1. The summed E-state index contributed by atoms with van der Waals surface area (Å²) in [4.78, 5) is 38.3. The second-order valence-electron chi connectivity index (χ2n) is 15.4. The summed E-state index contributed by atoms with van der Waals surface area (Å²) in [7, 11) is 0. The van der Waals surface area contributed by atoms with Gasteiger partial charge in [-0.15, -0.1) is 0 Å². The SMILES string of the molecule is O=C(Cc1ccc(CNC(C(=O)O[C@H]2CN3CCC2CC3)c2ccccc2)cc1)O[C@@H](Cc1c(Cl)c[n+]([O-])cc1Cl)c1ccc(OC(F)F)c(OCC2CC2)c1.O=C(O)C(F)(F)F. The van der Waals surface area contributed by atoms with E-state index in [2.05, 4.69) is 10.2 Å². The van der Waals surface area contributed by atoms with E-state index in [-0.39, 0.29) is 46.5 Å². The van der Waals surface area contributed by atoms with Gasteiger partial charge in [-0.25, -0.2) is 9.59 Å². The predicted octanol–water partition coefficient (Wildman–Crippen LogP) is 8.19. The highest BCUT2D eigenvalue weighted by Crippen LogP contribution is 2.38. The smallest absolute Gasteiger partial charge is 0.490 e. The molecule has 63 heavy (non-hydrogen) atoms. The van der Waals surface area contributed by atoms with Crippen molar-refractivity contribution in [2.45, 2.75) is 76.1 Å². The van der Waals surface area contributed by atoms with Gasteiger partial charge in [0.2, 0.25) is 0 Å². The van der Waals surface area contributed by atoms with E-state index in [1.165, 1.54) is 18.2 Å². The first-order chi connectivity index (χ1) is 30.0. The van der Waals surface area contributed by atoms with Gasteiger partial charge in [0.15, 0.2) is 23.9 Å². The summed E-state index contributed by atoms with van der Waals surface area (Å²) >= 11 is 12.8. The first-order valence-electron chi connectivity index (χ1n) is 20.1. The number of fused-ring (bicyclic) bond motifs is 3. The Balaban J connectivity index is 0.000000871. The molecule has 4 aliphatic rings. The van der Waals surface area contributed by atoms with Crippen molar-refractivity contribution in [2.24, 2.45) is 11.8 Å². The number of piperidine rings is 3. The maximum Gasteiger partial charge on any atom is 0.490 e. The van der Waals surface area contributed by atoms with Gasteiger partial charge in [0, 0.05) is 25.1 Å². The van der Waals surface area contributed by atoms with Crippen molar-refractivity contribution >= 4 is 41.1 Å². The molecule has 12 nitrogen and oxygen atoms in total. The van der Waals surface area contributed by atoms with Crippen LogP contribution in [0.5, 0.6) is 11.5 Å². The number of alkyl halides is 5. The molecule has 8 rings (SSSR count). The van der Waals surface area contributed by atoms with Crippen LogP contribution in [0.2, 0.25) is 10.0 Å². The van der Waals surface area contributed by atoms with E-state index in [4.69, 9.17) is 52.1 Å². The number of aromatic nitrogens is 1. The predicted molar refractivity (Wildman–Crippen MR) is 218 cm³/mol. The fourth-order valence-electron chi connectivity index (χ4n) is 7.27. The Kier molecular flexibility index (Phi) is 16.1. The Morgan fingerprint density at radius 1 is 0.889 bits per heavy atom. The first-order valence-corrected chi connectivity index (χ1v) is 20.8. The fourth-order valence-corrected chi connectivity index (χ4v) is 7.87. The zero-order valence-electron chi connectivity index (χ0n) is 33.6. The first kappa shape index (κ1) is 47.3. The van der Waals surface area contributed by atoms with Gasteiger partial charge in [0.1, 0.15) is 28.3 Å². The van der Waals surface area contributed by atoms with Gasteiger partial charge in [-0.2, -0.15) is 26.7 Å². The zero-order chi connectivity index (χ0) is 45.3. The lowest BCUT2D eigenvalue weighted by Gasteiger charge is -2.44. The van der Waals surface area contributed by atoms with Crippen LogP contribution in [-0.4, -0.2) is 73.0 Å². The van der Waals surface area contributed by atoms with Crippen molar-refractivity contribution in [2.75, 3.05) is 26.2 Å². The molecule has 4 aromatic rings. The molecule has 1 aliphatic carbocycles. The fraction of sp³-hybridized carbons (Fsp3) is 0.409. The van der Waals surface area contributed by atoms with Crippen molar-refractivity contribution in [3.05, 3.63) is 128 Å². The average Bonchev–Trinajstić information content (AvgIpc) is 4.07. The lowest BCUT2D eigenvalue weighted by Crippen LogP contribution is -2.52. The Morgan fingerprint density at radius 2 is 1.52 bits per heavy atom. The number of halogens is 7. The largest absolute Gasteiger partial charge is 0.619 e. The molecule has 0 amide bonds. The monoisotopic (exact) mass is 923 g/mol.